The van der Waals surface area contributed by atoms with Crippen molar-refractivity contribution in [2.24, 2.45) is 0 Å². The summed E-state index contributed by atoms with van der Waals surface area (Å²) in [4.78, 5) is 19.5. The van der Waals surface area contributed by atoms with Gasteiger partial charge in [-0.3, -0.25) is 0 Å². The number of benzene rings is 1. The number of thiazole rings is 1. The standard InChI is InChI=1S/C23H35N3O3S/c1-7-26(8-2)14-13-17(3)29-19-11-9-18(10-12-19)21-24-15-20(30-21)16-28-22(27)25-23(4,5)6/h9-12,15,17H,7-8,13-14,16H2,1-6H3,(H,25,27). The average Bonchev–Trinajstić information content (AvgIpc) is 3.15. The van der Waals surface area contributed by atoms with Crippen molar-refractivity contribution >= 4 is 17.4 Å². The molecule has 1 atom stereocenters. The highest BCUT2D eigenvalue weighted by atomic mass is 32.1. The van der Waals surface area contributed by atoms with E-state index in [2.05, 4.69) is 36.0 Å². The van der Waals surface area contributed by atoms with Crippen LogP contribution < -0.4 is 10.1 Å². The predicted octanol–water partition coefficient (Wildman–Crippen LogP) is 5.33. The van der Waals surface area contributed by atoms with Crippen molar-refractivity contribution in [2.45, 2.75) is 66.2 Å². The number of nitrogens with zero attached hydrogens (tertiary/aromatic N) is 2. The number of carbonyl (C=O) groups excluding carboxylic acids is 1. The van der Waals surface area contributed by atoms with Crippen LogP contribution in [0.4, 0.5) is 4.79 Å². The summed E-state index contributed by atoms with van der Waals surface area (Å²) in [6.07, 6.45) is 2.50. The molecule has 0 aliphatic heterocycles. The summed E-state index contributed by atoms with van der Waals surface area (Å²) in [5.41, 5.74) is 0.705. The van der Waals surface area contributed by atoms with Gasteiger partial charge >= 0.3 is 6.09 Å². The molecule has 0 bridgehead atoms. The van der Waals surface area contributed by atoms with Crippen LogP contribution in [0.5, 0.6) is 5.75 Å². The zero-order valence-corrected chi connectivity index (χ0v) is 19.8. The van der Waals surface area contributed by atoms with Crippen molar-refractivity contribution in [1.29, 1.82) is 0 Å². The van der Waals surface area contributed by atoms with Gasteiger partial charge in [-0.15, -0.1) is 11.3 Å². The van der Waals surface area contributed by atoms with Crippen molar-refractivity contribution in [1.82, 2.24) is 15.2 Å². The van der Waals surface area contributed by atoms with E-state index in [-0.39, 0.29) is 18.2 Å². The quantitative estimate of drug-likeness (QED) is 0.548. The molecule has 1 aromatic heterocycles. The van der Waals surface area contributed by atoms with Gasteiger partial charge in [0.05, 0.1) is 11.0 Å². The molecular weight excluding hydrogens is 398 g/mol. The molecule has 2 rings (SSSR count). The van der Waals surface area contributed by atoms with Gasteiger partial charge in [-0.2, -0.15) is 0 Å². The van der Waals surface area contributed by atoms with E-state index in [1.54, 1.807) is 6.20 Å². The van der Waals surface area contributed by atoms with E-state index in [0.29, 0.717) is 0 Å². The zero-order chi connectivity index (χ0) is 22.1. The van der Waals surface area contributed by atoms with Crippen LogP contribution in [0.2, 0.25) is 0 Å². The normalized spacial score (nSPS) is 12.6. The number of ether oxygens (including phenoxy) is 2. The minimum atomic E-state index is -0.422. The summed E-state index contributed by atoms with van der Waals surface area (Å²) in [6.45, 7) is 15.6. The van der Waals surface area contributed by atoms with Crippen LogP contribution in [0.15, 0.2) is 30.5 Å². The van der Waals surface area contributed by atoms with Gasteiger partial charge in [0.15, 0.2) is 0 Å². The van der Waals surface area contributed by atoms with E-state index in [0.717, 1.165) is 47.3 Å². The van der Waals surface area contributed by atoms with Crippen molar-refractivity contribution in [3.63, 3.8) is 0 Å². The molecule has 1 amide bonds. The monoisotopic (exact) mass is 433 g/mol. The lowest BCUT2D eigenvalue weighted by atomic mass is 10.1. The largest absolute Gasteiger partial charge is 0.491 e. The van der Waals surface area contributed by atoms with Gasteiger partial charge in [-0.05, 0) is 71.5 Å². The van der Waals surface area contributed by atoms with Gasteiger partial charge in [0.2, 0.25) is 0 Å². The maximum Gasteiger partial charge on any atom is 0.407 e. The van der Waals surface area contributed by atoms with E-state index in [9.17, 15) is 4.79 Å². The smallest absolute Gasteiger partial charge is 0.407 e. The first kappa shape index (κ1) is 24.2. The Bertz CT molecular complexity index is 780. The summed E-state index contributed by atoms with van der Waals surface area (Å²) in [5, 5.41) is 3.67. The molecule has 0 spiro atoms. The van der Waals surface area contributed by atoms with Crippen LogP contribution in [0.1, 0.15) is 52.8 Å². The molecule has 2 aromatic rings. The molecule has 0 radical (unpaired) electrons. The van der Waals surface area contributed by atoms with Crippen LogP contribution in [0.3, 0.4) is 0 Å². The fourth-order valence-corrected chi connectivity index (χ4v) is 3.69. The Hall–Kier alpha value is -2.12. The lowest BCUT2D eigenvalue weighted by Gasteiger charge is -2.21. The van der Waals surface area contributed by atoms with Gasteiger partial charge in [-0.25, -0.2) is 9.78 Å². The number of aromatic nitrogens is 1. The lowest BCUT2D eigenvalue weighted by molar-refractivity contribution is 0.132. The van der Waals surface area contributed by atoms with Crippen LogP contribution in [-0.2, 0) is 11.3 Å². The van der Waals surface area contributed by atoms with E-state index in [4.69, 9.17) is 9.47 Å². The molecule has 0 fully saturated rings. The van der Waals surface area contributed by atoms with Gasteiger partial charge in [-0.1, -0.05) is 13.8 Å². The first-order valence-corrected chi connectivity index (χ1v) is 11.4. The Morgan fingerprint density at radius 1 is 1.20 bits per heavy atom. The number of hydrogen-bond donors (Lipinski definition) is 1. The van der Waals surface area contributed by atoms with Crippen molar-refractivity contribution in [3.8, 4) is 16.3 Å². The molecule has 30 heavy (non-hydrogen) atoms. The Kier molecular flexibility index (Phi) is 9.11. The van der Waals surface area contributed by atoms with Crippen LogP contribution in [0, 0.1) is 0 Å². The Morgan fingerprint density at radius 2 is 1.87 bits per heavy atom. The number of amides is 1. The number of alkyl carbamates (subject to hydrolysis) is 1. The first-order valence-electron chi connectivity index (χ1n) is 10.6. The van der Waals surface area contributed by atoms with Crippen molar-refractivity contribution in [3.05, 3.63) is 35.3 Å². The molecule has 1 unspecified atom stereocenters. The number of rotatable bonds is 10. The van der Waals surface area contributed by atoms with Crippen LogP contribution >= 0.6 is 11.3 Å². The second-order valence-corrected chi connectivity index (χ2v) is 9.47. The molecule has 0 aliphatic carbocycles. The fourth-order valence-electron chi connectivity index (χ4n) is 2.86. The minimum Gasteiger partial charge on any atom is -0.491 e. The Labute approximate surface area is 184 Å². The molecule has 0 aliphatic rings. The number of carbonyl (C=O) groups is 1. The average molecular weight is 434 g/mol. The molecule has 7 heteroatoms. The second-order valence-electron chi connectivity index (χ2n) is 8.35. The first-order chi connectivity index (χ1) is 14.2. The van der Waals surface area contributed by atoms with Crippen LogP contribution in [-0.4, -0.2) is 47.3 Å². The summed E-state index contributed by atoms with van der Waals surface area (Å²) in [7, 11) is 0. The third-order valence-corrected chi connectivity index (χ3v) is 5.58. The highest BCUT2D eigenvalue weighted by Gasteiger charge is 2.15. The maximum absolute atomic E-state index is 11.8. The molecule has 166 valence electrons. The Morgan fingerprint density at radius 3 is 2.47 bits per heavy atom. The highest BCUT2D eigenvalue weighted by Crippen LogP contribution is 2.27. The summed E-state index contributed by atoms with van der Waals surface area (Å²) in [5.74, 6) is 0.866. The molecule has 0 saturated heterocycles. The van der Waals surface area contributed by atoms with Gasteiger partial charge in [0.25, 0.3) is 0 Å². The third-order valence-electron chi connectivity index (χ3n) is 4.56. The van der Waals surface area contributed by atoms with Crippen LogP contribution in [0.25, 0.3) is 10.6 Å². The van der Waals surface area contributed by atoms with Crippen molar-refractivity contribution in [2.75, 3.05) is 19.6 Å². The number of nitrogens with one attached hydrogen (secondary N) is 1. The summed E-state index contributed by atoms with van der Waals surface area (Å²) < 4.78 is 11.3. The summed E-state index contributed by atoms with van der Waals surface area (Å²) in [6, 6.07) is 8.00. The van der Waals surface area contributed by atoms with E-state index in [1.807, 2.05) is 45.0 Å². The molecule has 6 nitrogen and oxygen atoms in total. The molecule has 1 N–H and O–H groups in total. The molecule has 1 aromatic carbocycles. The topological polar surface area (TPSA) is 63.7 Å². The fraction of sp³-hybridized carbons (Fsp3) is 0.565. The number of hydrogen-bond acceptors (Lipinski definition) is 6. The second kappa shape index (κ2) is 11.3. The van der Waals surface area contributed by atoms with Gasteiger partial charge < -0.3 is 19.7 Å². The van der Waals surface area contributed by atoms with Crippen molar-refractivity contribution < 1.29 is 14.3 Å². The predicted molar refractivity (Wildman–Crippen MR) is 123 cm³/mol. The third kappa shape index (κ3) is 8.32. The van der Waals surface area contributed by atoms with Gasteiger partial charge in [0.1, 0.15) is 17.4 Å². The van der Waals surface area contributed by atoms with E-state index < -0.39 is 6.09 Å². The SMILES string of the molecule is CCN(CC)CCC(C)Oc1ccc(-c2ncc(COC(=O)NC(C)(C)C)s2)cc1. The zero-order valence-electron chi connectivity index (χ0n) is 19.0. The van der Waals surface area contributed by atoms with Gasteiger partial charge in [0, 0.05) is 23.8 Å². The molecule has 1 heterocycles. The summed E-state index contributed by atoms with van der Waals surface area (Å²) >= 11 is 1.52. The van der Waals surface area contributed by atoms with E-state index in [1.165, 1.54) is 11.3 Å². The highest BCUT2D eigenvalue weighted by molar-refractivity contribution is 7.15. The Balaban J connectivity index is 1.85. The minimum absolute atomic E-state index is 0.166. The lowest BCUT2D eigenvalue weighted by Crippen LogP contribution is -2.40. The molecular formula is C23H35N3O3S. The molecule has 0 saturated carbocycles. The van der Waals surface area contributed by atoms with E-state index >= 15 is 0 Å². The maximum atomic E-state index is 11.8.